The second-order valence-corrected chi connectivity index (χ2v) is 8.53. The fourth-order valence-electron chi connectivity index (χ4n) is 2.47. The van der Waals surface area contributed by atoms with Crippen LogP contribution in [0.15, 0.2) is 45.9 Å². The smallest absolute Gasteiger partial charge is 0.286 e. The van der Waals surface area contributed by atoms with Crippen LogP contribution in [0.25, 0.3) is 0 Å². The minimum Gasteiger partial charge on any atom is -0.379 e. The van der Waals surface area contributed by atoms with Crippen LogP contribution in [-0.2, 0) is 14.8 Å². The molecular formula is C16H17BrN4O5S. The van der Waals surface area contributed by atoms with E-state index in [1.165, 1.54) is 28.6 Å². The molecule has 2 heterocycles. The predicted octanol–water partition coefficient (Wildman–Crippen LogP) is 0.873. The number of amides is 2. The molecule has 1 aromatic carbocycles. The number of carbonyl (C=O) groups is 2. The van der Waals surface area contributed by atoms with E-state index in [4.69, 9.17) is 4.74 Å². The number of aromatic amines is 1. The largest absolute Gasteiger partial charge is 0.379 e. The summed E-state index contributed by atoms with van der Waals surface area (Å²) in [7, 11) is -3.62. The van der Waals surface area contributed by atoms with Crippen LogP contribution in [-0.4, -0.2) is 55.8 Å². The summed E-state index contributed by atoms with van der Waals surface area (Å²) in [5.74, 6) is -1.08. The van der Waals surface area contributed by atoms with Gasteiger partial charge in [0.2, 0.25) is 10.0 Å². The quantitative estimate of drug-likeness (QED) is 0.589. The van der Waals surface area contributed by atoms with Gasteiger partial charge in [-0.1, -0.05) is 0 Å². The van der Waals surface area contributed by atoms with E-state index in [1.807, 2.05) is 0 Å². The molecule has 1 aromatic heterocycles. The van der Waals surface area contributed by atoms with Crippen molar-refractivity contribution in [2.75, 3.05) is 26.3 Å². The number of rotatable bonds is 4. The Hall–Kier alpha value is -2.21. The fraction of sp³-hybridized carbons (Fsp3) is 0.250. The number of hydrogen-bond donors (Lipinski definition) is 3. The summed E-state index contributed by atoms with van der Waals surface area (Å²) in [6, 6.07) is 7.07. The van der Waals surface area contributed by atoms with Gasteiger partial charge < -0.3 is 9.72 Å². The maximum Gasteiger partial charge on any atom is 0.286 e. The fourth-order valence-corrected chi connectivity index (χ4v) is 4.22. The summed E-state index contributed by atoms with van der Waals surface area (Å²) in [5.41, 5.74) is 5.04. The summed E-state index contributed by atoms with van der Waals surface area (Å²) in [6.45, 7) is 1.31. The molecular weight excluding hydrogens is 440 g/mol. The molecule has 0 bridgehead atoms. The van der Waals surface area contributed by atoms with Gasteiger partial charge in [-0.05, 0) is 46.3 Å². The lowest BCUT2D eigenvalue weighted by Gasteiger charge is -2.26. The first-order chi connectivity index (χ1) is 12.9. The van der Waals surface area contributed by atoms with Crippen molar-refractivity contribution in [3.63, 3.8) is 0 Å². The number of sulfonamides is 1. The van der Waals surface area contributed by atoms with Crippen LogP contribution in [0.5, 0.6) is 0 Å². The van der Waals surface area contributed by atoms with Crippen molar-refractivity contribution in [1.29, 1.82) is 0 Å². The highest BCUT2D eigenvalue weighted by atomic mass is 79.9. The number of halogens is 1. The topological polar surface area (TPSA) is 121 Å². The first-order valence-corrected chi connectivity index (χ1v) is 10.2. The van der Waals surface area contributed by atoms with Crippen molar-refractivity contribution in [3.05, 3.63) is 52.3 Å². The van der Waals surface area contributed by atoms with E-state index >= 15 is 0 Å². The van der Waals surface area contributed by atoms with Gasteiger partial charge in [-0.3, -0.25) is 20.4 Å². The minimum atomic E-state index is -3.62. The average Bonchev–Trinajstić information content (AvgIpc) is 3.13. The van der Waals surface area contributed by atoms with Gasteiger partial charge >= 0.3 is 0 Å². The van der Waals surface area contributed by atoms with Gasteiger partial charge in [0.25, 0.3) is 11.8 Å². The number of nitrogens with one attached hydrogen (secondary N) is 3. The number of ether oxygens (including phenoxy) is 1. The minimum absolute atomic E-state index is 0.0984. The first-order valence-electron chi connectivity index (χ1n) is 8.00. The lowest BCUT2D eigenvalue weighted by atomic mass is 10.2. The van der Waals surface area contributed by atoms with Gasteiger partial charge in [-0.2, -0.15) is 4.31 Å². The molecule has 3 N–H and O–H groups in total. The predicted molar refractivity (Wildman–Crippen MR) is 99.4 cm³/mol. The Bertz CT molecular complexity index is 936. The number of morpholine rings is 1. The van der Waals surface area contributed by atoms with Crippen LogP contribution in [0.1, 0.15) is 20.8 Å². The van der Waals surface area contributed by atoms with Crippen molar-refractivity contribution >= 4 is 37.8 Å². The third-order valence-electron chi connectivity index (χ3n) is 3.91. The molecule has 2 amide bonds. The number of carbonyl (C=O) groups excluding carboxylic acids is 2. The van der Waals surface area contributed by atoms with Gasteiger partial charge in [0.1, 0.15) is 5.69 Å². The Balaban J connectivity index is 1.62. The third-order valence-corrected chi connectivity index (χ3v) is 6.28. The van der Waals surface area contributed by atoms with E-state index < -0.39 is 21.8 Å². The Kier molecular flexibility index (Phi) is 5.95. The molecule has 0 radical (unpaired) electrons. The molecule has 144 valence electrons. The molecule has 0 unspecified atom stereocenters. The second-order valence-electron chi connectivity index (χ2n) is 5.68. The van der Waals surface area contributed by atoms with Gasteiger partial charge in [-0.25, -0.2) is 8.42 Å². The first kappa shape index (κ1) is 19.5. The zero-order valence-electron chi connectivity index (χ0n) is 14.1. The molecule has 1 aliphatic rings. The van der Waals surface area contributed by atoms with Crippen LogP contribution in [0.4, 0.5) is 0 Å². The number of hydrogen-bond acceptors (Lipinski definition) is 5. The van der Waals surface area contributed by atoms with Crippen molar-refractivity contribution in [1.82, 2.24) is 20.1 Å². The molecule has 2 aromatic rings. The van der Waals surface area contributed by atoms with Crippen molar-refractivity contribution in [2.45, 2.75) is 4.90 Å². The van der Waals surface area contributed by atoms with Gasteiger partial charge in [0.15, 0.2) is 0 Å². The molecule has 1 fully saturated rings. The molecule has 3 rings (SSSR count). The Morgan fingerprint density at radius 3 is 2.30 bits per heavy atom. The number of nitrogens with zero attached hydrogens (tertiary/aromatic N) is 1. The lowest BCUT2D eigenvalue weighted by molar-refractivity contribution is 0.0730. The summed E-state index contributed by atoms with van der Waals surface area (Å²) in [6.07, 6.45) is 1.59. The van der Waals surface area contributed by atoms with Crippen molar-refractivity contribution in [3.8, 4) is 0 Å². The molecule has 27 heavy (non-hydrogen) atoms. The molecule has 9 nitrogen and oxygen atoms in total. The number of benzene rings is 1. The molecule has 11 heteroatoms. The molecule has 0 atom stereocenters. The van der Waals surface area contributed by atoms with Crippen LogP contribution < -0.4 is 10.9 Å². The van der Waals surface area contributed by atoms with Crippen molar-refractivity contribution < 1.29 is 22.7 Å². The zero-order chi connectivity index (χ0) is 19.4. The zero-order valence-corrected chi connectivity index (χ0v) is 16.5. The molecule has 1 saturated heterocycles. The second kappa shape index (κ2) is 8.21. The van der Waals surface area contributed by atoms with Crippen molar-refractivity contribution in [2.24, 2.45) is 0 Å². The van der Waals surface area contributed by atoms with Crippen LogP contribution in [0.2, 0.25) is 0 Å². The number of aromatic nitrogens is 1. The summed E-state index contributed by atoms with van der Waals surface area (Å²) in [5, 5.41) is 0. The molecule has 0 spiro atoms. The standard InChI is InChI=1S/C16H17BrN4O5S/c17-12-9-14(18-10-12)16(23)20-19-15(22)11-1-3-13(4-2-11)27(24,25)21-5-7-26-8-6-21/h1-4,9-10,18H,5-8H2,(H,19,22)(H,20,23). The van der Waals surface area contributed by atoms with E-state index in [0.717, 1.165) is 0 Å². The highest BCUT2D eigenvalue weighted by molar-refractivity contribution is 9.10. The maximum absolute atomic E-state index is 12.5. The van der Waals surface area contributed by atoms with Gasteiger partial charge in [-0.15, -0.1) is 0 Å². The summed E-state index contributed by atoms with van der Waals surface area (Å²) in [4.78, 5) is 26.8. The average molecular weight is 457 g/mol. The Morgan fingerprint density at radius 2 is 1.70 bits per heavy atom. The van der Waals surface area contributed by atoms with E-state index in [1.54, 1.807) is 12.3 Å². The third kappa shape index (κ3) is 4.56. The Morgan fingerprint density at radius 1 is 1.07 bits per heavy atom. The Labute approximate surface area is 164 Å². The number of hydrazine groups is 1. The summed E-state index contributed by atoms with van der Waals surface area (Å²) >= 11 is 3.21. The summed E-state index contributed by atoms with van der Waals surface area (Å²) < 4.78 is 32.3. The van der Waals surface area contributed by atoms with Gasteiger partial charge in [0.05, 0.1) is 18.1 Å². The van der Waals surface area contributed by atoms with Crippen LogP contribution in [0.3, 0.4) is 0 Å². The van der Waals surface area contributed by atoms with Crippen LogP contribution in [0, 0.1) is 0 Å². The number of H-pyrrole nitrogens is 1. The SMILES string of the molecule is O=C(NNC(=O)c1cc(Br)c[nH]1)c1ccc(S(=O)(=O)N2CCOCC2)cc1. The monoisotopic (exact) mass is 456 g/mol. The molecule has 1 aliphatic heterocycles. The van der Waals surface area contributed by atoms with Gasteiger partial charge in [0, 0.05) is 29.3 Å². The van der Waals surface area contributed by atoms with E-state index in [0.29, 0.717) is 30.8 Å². The van der Waals surface area contributed by atoms with E-state index in [2.05, 4.69) is 31.8 Å². The van der Waals surface area contributed by atoms with Crippen LogP contribution >= 0.6 is 15.9 Å². The maximum atomic E-state index is 12.5. The molecule has 0 aliphatic carbocycles. The van der Waals surface area contributed by atoms with E-state index in [9.17, 15) is 18.0 Å². The lowest BCUT2D eigenvalue weighted by Crippen LogP contribution is -2.42. The molecule has 0 saturated carbocycles. The van der Waals surface area contributed by atoms with E-state index in [-0.39, 0.29) is 16.2 Å². The normalized spacial score (nSPS) is 15.3. The highest BCUT2D eigenvalue weighted by Crippen LogP contribution is 2.17. The highest BCUT2D eigenvalue weighted by Gasteiger charge is 2.26.